The fraction of sp³-hybridized carbons (Fsp3) is 0.467. The molecule has 3 N–H and O–H groups in total. The van der Waals surface area contributed by atoms with Gasteiger partial charge in [0.1, 0.15) is 5.54 Å². The fourth-order valence-electron chi connectivity index (χ4n) is 2.61. The third-order valence-electron chi connectivity index (χ3n) is 3.84. The highest BCUT2D eigenvalue weighted by Gasteiger charge is 2.42. The highest BCUT2D eigenvalue weighted by molar-refractivity contribution is 5.94. The van der Waals surface area contributed by atoms with Crippen molar-refractivity contribution >= 4 is 23.4 Å². The van der Waals surface area contributed by atoms with Crippen LogP contribution < -0.4 is 15.5 Å². The van der Waals surface area contributed by atoms with E-state index < -0.39 is 17.5 Å². The van der Waals surface area contributed by atoms with Crippen molar-refractivity contribution in [2.75, 3.05) is 24.3 Å². The van der Waals surface area contributed by atoms with Gasteiger partial charge in [0.15, 0.2) is 0 Å². The molecule has 0 bridgehead atoms. The monoisotopic (exact) mass is 291 g/mol. The number of carboxylic acids is 1. The number of amides is 2. The predicted molar refractivity (Wildman–Crippen MR) is 81.8 cm³/mol. The minimum atomic E-state index is -1.12. The van der Waals surface area contributed by atoms with Gasteiger partial charge in [-0.1, -0.05) is 18.9 Å². The Morgan fingerprint density at radius 1 is 1.24 bits per heavy atom. The van der Waals surface area contributed by atoms with Crippen LogP contribution in [0.2, 0.25) is 0 Å². The summed E-state index contributed by atoms with van der Waals surface area (Å²) in [5.41, 5.74) is 0.474. The predicted octanol–water partition coefficient (Wildman–Crippen LogP) is 2.27. The number of anilines is 2. The number of hydrogen-bond donors (Lipinski definition) is 3. The number of benzene rings is 1. The zero-order valence-electron chi connectivity index (χ0n) is 12.3. The first-order valence-corrected chi connectivity index (χ1v) is 7.03. The normalized spacial score (nSPS) is 16.3. The first-order chi connectivity index (χ1) is 9.93. The zero-order chi connectivity index (χ0) is 15.5. The Morgan fingerprint density at radius 3 is 2.48 bits per heavy atom. The zero-order valence-corrected chi connectivity index (χ0v) is 12.3. The number of rotatable bonds is 4. The summed E-state index contributed by atoms with van der Waals surface area (Å²) >= 11 is 0. The van der Waals surface area contributed by atoms with Crippen LogP contribution in [0.25, 0.3) is 0 Å². The molecule has 1 aliphatic carbocycles. The highest BCUT2D eigenvalue weighted by atomic mass is 16.4. The molecule has 1 aromatic rings. The molecule has 114 valence electrons. The molecule has 0 aromatic heterocycles. The van der Waals surface area contributed by atoms with Crippen LogP contribution in [-0.4, -0.2) is 36.7 Å². The molecule has 6 nitrogen and oxygen atoms in total. The van der Waals surface area contributed by atoms with Crippen molar-refractivity contribution in [3.63, 3.8) is 0 Å². The summed E-state index contributed by atoms with van der Waals surface area (Å²) in [6, 6.07) is 6.90. The average molecular weight is 291 g/mol. The van der Waals surface area contributed by atoms with Crippen molar-refractivity contribution in [1.82, 2.24) is 5.32 Å². The third-order valence-corrected chi connectivity index (χ3v) is 3.84. The lowest BCUT2D eigenvalue weighted by molar-refractivity contribution is -0.144. The molecule has 0 aliphatic heterocycles. The molecule has 0 saturated heterocycles. The maximum Gasteiger partial charge on any atom is 0.329 e. The first-order valence-electron chi connectivity index (χ1n) is 7.03. The largest absolute Gasteiger partial charge is 0.480 e. The van der Waals surface area contributed by atoms with Crippen molar-refractivity contribution in [1.29, 1.82) is 0 Å². The van der Waals surface area contributed by atoms with Crippen LogP contribution in [0.1, 0.15) is 25.7 Å². The molecule has 1 aliphatic rings. The van der Waals surface area contributed by atoms with Crippen molar-refractivity contribution in [3.05, 3.63) is 24.3 Å². The second kappa shape index (κ2) is 6.03. The minimum Gasteiger partial charge on any atom is -0.480 e. The molecule has 0 unspecified atom stereocenters. The third kappa shape index (κ3) is 3.45. The van der Waals surface area contributed by atoms with E-state index >= 15 is 0 Å². The number of aliphatic carboxylic acids is 1. The lowest BCUT2D eigenvalue weighted by Crippen LogP contribution is -2.53. The Labute approximate surface area is 124 Å². The Bertz CT molecular complexity index is 537. The van der Waals surface area contributed by atoms with Crippen LogP contribution in [0.4, 0.5) is 16.2 Å². The fourth-order valence-corrected chi connectivity index (χ4v) is 2.61. The Kier molecular flexibility index (Phi) is 4.35. The molecule has 1 fully saturated rings. The van der Waals surface area contributed by atoms with Crippen molar-refractivity contribution in [3.8, 4) is 0 Å². The van der Waals surface area contributed by atoms with Gasteiger partial charge in [0.25, 0.3) is 0 Å². The van der Waals surface area contributed by atoms with Gasteiger partial charge in [0.05, 0.1) is 0 Å². The van der Waals surface area contributed by atoms with E-state index in [4.69, 9.17) is 0 Å². The number of urea groups is 1. The number of carboxylic acid groups (broad SMARTS) is 1. The van der Waals surface area contributed by atoms with E-state index in [0.29, 0.717) is 18.5 Å². The second-order valence-electron chi connectivity index (χ2n) is 5.62. The number of carbonyl (C=O) groups is 2. The summed E-state index contributed by atoms with van der Waals surface area (Å²) in [5.74, 6) is -0.961. The minimum absolute atomic E-state index is 0.477. The first kappa shape index (κ1) is 15.2. The smallest absolute Gasteiger partial charge is 0.329 e. The molecule has 0 heterocycles. The van der Waals surface area contributed by atoms with Crippen LogP contribution in [0.15, 0.2) is 24.3 Å². The second-order valence-corrected chi connectivity index (χ2v) is 5.62. The van der Waals surface area contributed by atoms with Gasteiger partial charge in [-0.15, -0.1) is 0 Å². The molecule has 21 heavy (non-hydrogen) atoms. The quantitative estimate of drug-likeness (QED) is 0.795. The Hall–Kier alpha value is -2.24. The van der Waals surface area contributed by atoms with Gasteiger partial charge in [-0.05, 0) is 31.0 Å². The Balaban J connectivity index is 2.04. The summed E-state index contributed by atoms with van der Waals surface area (Å²) < 4.78 is 0. The molecule has 0 spiro atoms. The molecular weight excluding hydrogens is 270 g/mol. The van der Waals surface area contributed by atoms with Gasteiger partial charge >= 0.3 is 12.0 Å². The van der Waals surface area contributed by atoms with E-state index in [0.717, 1.165) is 18.5 Å². The van der Waals surface area contributed by atoms with E-state index in [1.54, 1.807) is 6.07 Å². The van der Waals surface area contributed by atoms with Crippen LogP contribution >= 0.6 is 0 Å². The van der Waals surface area contributed by atoms with Crippen LogP contribution in [0.3, 0.4) is 0 Å². The van der Waals surface area contributed by atoms with Crippen LogP contribution in [0, 0.1) is 0 Å². The van der Waals surface area contributed by atoms with Gasteiger partial charge in [-0.3, -0.25) is 0 Å². The Morgan fingerprint density at radius 2 is 1.90 bits per heavy atom. The van der Waals surface area contributed by atoms with Crippen molar-refractivity contribution in [2.45, 2.75) is 31.2 Å². The van der Waals surface area contributed by atoms with E-state index in [2.05, 4.69) is 10.6 Å². The van der Waals surface area contributed by atoms with E-state index in [9.17, 15) is 14.7 Å². The van der Waals surface area contributed by atoms with E-state index in [1.165, 1.54) is 0 Å². The number of carbonyl (C=O) groups excluding carboxylic acids is 1. The summed E-state index contributed by atoms with van der Waals surface area (Å²) in [5, 5.41) is 14.7. The summed E-state index contributed by atoms with van der Waals surface area (Å²) in [6.45, 7) is 0. The van der Waals surface area contributed by atoms with Crippen LogP contribution in [-0.2, 0) is 4.79 Å². The van der Waals surface area contributed by atoms with Gasteiger partial charge in [0.2, 0.25) is 0 Å². The van der Waals surface area contributed by atoms with E-state index in [-0.39, 0.29) is 0 Å². The summed E-state index contributed by atoms with van der Waals surface area (Å²) in [4.78, 5) is 25.4. The highest BCUT2D eigenvalue weighted by Crippen LogP contribution is 2.30. The lowest BCUT2D eigenvalue weighted by Gasteiger charge is -2.25. The summed E-state index contributed by atoms with van der Waals surface area (Å²) in [7, 11) is 3.83. The average Bonchev–Trinajstić information content (AvgIpc) is 2.88. The van der Waals surface area contributed by atoms with Crippen LogP contribution in [0.5, 0.6) is 0 Å². The van der Waals surface area contributed by atoms with E-state index in [1.807, 2.05) is 37.2 Å². The van der Waals surface area contributed by atoms with Crippen molar-refractivity contribution in [2.24, 2.45) is 0 Å². The number of hydrogen-bond acceptors (Lipinski definition) is 3. The summed E-state index contributed by atoms with van der Waals surface area (Å²) in [6.07, 6.45) is 2.60. The standard InChI is InChI=1S/C15H21N3O3/c1-18(2)12-7-5-6-11(10-12)16-14(21)17-15(13(19)20)8-3-4-9-15/h5-7,10H,3-4,8-9H2,1-2H3,(H,19,20)(H2,16,17,21). The number of nitrogens with one attached hydrogen (secondary N) is 2. The molecule has 2 rings (SSSR count). The van der Waals surface area contributed by atoms with Gasteiger partial charge in [-0.2, -0.15) is 0 Å². The molecule has 0 radical (unpaired) electrons. The lowest BCUT2D eigenvalue weighted by atomic mass is 9.98. The maximum absolute atomic E-state index is 12.1. The molecule has 6 heteroatoms. The van der Waals surface area contributed by atoms with Gasteiger partial charge in [-0.25, -0.2) is 9.59 Å². The number of nitrogens with zero attached hydrogens (tertiary/aromatic N) is 1. The van der Waals surface area contributed by atoms with Gasteiger partial charge in [0, 0.05) is 25.5 Å². The molecular formula is C15H21N3O3. The van der Waals surface area contributed by atoms with Crippen molar-refractivity contribution < 1.29 is 14.7 Å². The maximum atomic E-state index is 12.1. The SMILES string of the molecule is CN(C)c1cccc(NC(=O)NC2(C(=O)O)CCCC2)c1. The molecule has 1 aromatic carbocycles. The molecule has 2 amide bonds. The van der Waals surface area contributed by atoms with Gasteiger partial charge < -0.3 is 20.6 Å². The topological polar surface area (TPSA) is 81.7 Å². The molecule has 0 atom stereocenters. The molecule has 1 saturated carbocycles.